The lowest BCUT2D eigenvalue weighted by atomic mass is 10.0. The van der Waals surface area contributed by atoms with Gasteiger partial charge in [0.15, 0.2) is 11.6 Å². The first kappa shape index (κ1) is 22.4. The summed E-state index contributed by atoms with van der Waals surface area (Å²) in [6, 6.07) is 40.8. The van der Waals surface area contributed by atoms with Crippen LogP contribution in [0.2, 0.25) is 5.28 Å². The average Bonchev–Trinajstić information content (AvgIpc) is 3.37. The monoisotopic (exact) mass is 509 g/mol. The van der Waals surface area contributed by atoms with Crippen molar-refractivity contribution in [2.24, 2.45) is 0 Å². The van der Waals surface area contributed by atoms with Gasteiger partial charge in [-0.2, -0.15) is 9.97 Å². The number of furan rings is 1. The van der Waals surface area contributed by atoms with E-state index in [1.165, 1.54) is 0 Å². The fourth-order valence-corrected chi connectivity index (χ4v) is 5.11. The molecule has 0 atom stereocenters. The molecule has 0 N–H and O–H groups in total. The molecule has 0 bridgehead atoms. The molecule has 5 aromatic carbocycles. The second-order valence-corrected chi connectivity index (χ2v) is 9.37. The van der Waals surface area contributed by atoms with Crippen LogP contribution in [-0.4, -0.2) is 15.0 Å². The summed E-state index contributed by atoms with van der Waals surface area (Å²) in [5.74, 6) is 1.02. The molecule has 4 nitrogen and oxygen atoms in total. The highest BCUT2D eigenvalue weighted by atomic mass is 35.5. The third kappa shape index (κ3) is 3.92. The van der Waals surface area contributed by atoms with E-state index in [0.717, 1.165) is 55.3 Å². The highest BCUT2D eigenvalue weighted by Gasteiger charge is 2.18. The summed E-state index contributed by atoms with van der Waals surface area (Å²) >= 11 is 6.47. The van der Waals surface area contributed by atoms with E-state index < -0.39 is 0 Å². The van der Waals surface area contributed by atoms with Gasteiger partial charge in [0.2, 0.25) is 5.28 Å². The molecule has 0 aliphatic heterocycles. The van der Waals surface area contributed by atoms with Gasteiger partial charge in [-0.15, -0.1) is 0 Å². The summed E-state index contributed by atoms with van der Waals surface area (Å²) in [5, 5.41) is 2.09. The van der Waals surface area contributed by atoms with Crippen molar-refractivity contribution < 1.29 is 4.42 Å². The number of hydrogen-bond donors (Lipinski definition) is 0. The zero-order chi connectivity index (χ0) is 25.5. The molecule has 0 unspecified atom stereocenters. The smallest absolute Gasteiger partial charge is 0.226 e. The summed E-state index contributed by atoms with van der Waals surface area (Å²) in [7, 11) is 0. The number of hydrogen-bond acceptors (Lipinski definition) is 4. The predicted molar refractivity (Wildman–Crippen MR) is 154 cm³/mol. The first-order valence-electron chi connectivity index (χ1n) is 12.3. The van der Waals surface area contributed by atoms with Crippen molar-refractivity contribution in [1.82, 2.24) is 15.0 Å². The van der Waals surface area contributed by atoms with Crippen molar-refractivity contribution in [1.29, 1.82) is 0 Å². The number of para-hydroxylation sites is 1. The van der Waals surface area contributed by atoms with E-state index in [1.807, 2.05) is 66.7 Å². The summed E-state index contributed by atoms with van der Waals surface area (Å²) in [5.41, 5.74) is 7.65. The highest BCUT2D eigenvalue weighted by Crippen LogP contribution is 2.40. The molecule has 0 saturated carbocycles. The first-order valence-corrected chi connectivity index (χ1v) is 12.7. The van der Waals surface area contributed by atoms with Crippen LogP contribution in [0.15, 0.2) is 126 Å². The van der Waals surface area contributed by atoms with Gasteiger partial charge in [-0.3, -0.25) is 0 Å². The number of fused-ring (bicyclic) bond motifs is 3. The van der Waals surface area contributed by atoms with Crippen LogP contribution in [0.4, 0.5) is 0 Å². The van der Waals surface area contributed by atoms with Crippen LogP contribution in [0.5, 0.6) is 0 Å². The maximum Gasteiger partial charge on any atom is 0.226 e. The summed E-state index contributed by atoms with van der Waals surface area (Å²) in [4.78, 5) is 13.9. The van der Waals surface area contributed by atoms with Gasteiger partial charge in [-0.1, -0.05) is 109 Å². The van der Waals surface area contributed by atoms with E-state index in [0.29, 0.717) is 11.6 Å². The highest BCUT2D eigenvalue weighted by molar-refractivity contribution is 6.28. The number of rotatable bonds is 4. The number of nitrogens with zero attached hydrogens (tertiary/aromatic N) is 3. The molecule has 0 spiro atoms. The van der Waals surface area contributed by atoms with E-state index in [2.05, 4.69) is 64.6 Å². The second-order valence-electron chi connectivity index (χ2n) is 9.03. The Bertz CT molecular complexity index is 1930. The van der Waals surface area contributed by atoms with E-state index in [9.17, 15) is 0 Å². The summed E-state index contributed by atoms with van der Waals surface area (Å²) < 4.78 is 6.41. The Hall–Kier alpha value is -4.80. The zero-order valence-corrected chi connectivity index (χ0v) is 20.9. The topological polar surface area (TPSA) is 51.8 Å². The van der Waals surface area contributed by atoms with Gasteiger partial charge in [-0.05, 0) is 40.4 Å². The normalized spacial score (nSPS) is 11.3. The molecular weight excluding hydrogens is 490 g/mol. The molecule has 0 fully saturated rings. The van der Waals surface area contributed by atoms with Crippen LogP contribution < -0.4 is 0 Å². The molecule has 0 aliphatic carbocycles. The maximum atomic E-state index is 6.47. The Labute approximate surface area is 224 Å². The van der Waals surface area contributed by atoms with Gasteiger partial charge in [-0.25, -0.2) is 4.98 Å². The van der Waals surface area contributed by atoms with Crippen LogP contribution >= 0.6 is 11.6 Å². The Balaban J connectivity index is 1.40. The lowest BCUT2D eigenvalue weighted by Gasteiger charge is -2.08. The third-order valence-electron chi connectivity index (χ3n) is 6.68. The molecule has 0 saturated heterocycles. The summed E-state index contributed by atoms with van der Waals surface area (Å²) in [6.45, 7) is 0. The van der Waals surface area contributed by atoms with E-state index >= 15 is 0 Å². The van der Waals surface area contributed by atoms with E-state index in [1.54, 1.807) is 0 Å². The van der Waals surface area contributed by atoms with Crippen molar-refractivity contribution in [3.05, 3.63) is 127 Å². The Kier molecular flexibility index (Phi) is 5.46. The predicted octanol–water partition coefficient (Wildman–Crippen LogP) is 9.09. The molecule has 38 heavy (non-hydrogen) atoms. The minimum absolute atomic E-state index is 0.143. The fraction of sp³-hybridized carbons (Fsp3) is 0. The Morgan fingerprint density at radius 3 is 1.95 bits per heavy atom. The quantitative estimate of drug-likeness (QED) is 0.237. The first-order chi connectivity index (χ1) is 18.7. The molecular formula is C33H20ClN3O. The molecule has 180 valence electrons. The van der Waals surface area contributed by atoms with Gasteiger partial charge in [0, 0.05) is 27.5 Å². The second kappa shape index (κ2) is 9.25. The van der Waals surface area contributed by atoms with Gasteiger partial charge in [0.25, 0.3) is 0 Å². The lowest BCUT2D eigenvalue weighted by Crippen LogP contribution is -1.97. The molecule has 0 amide bonds. The maximum absolute atomic E-state index is 6.47. The van der Waals surface area contributed by atoms with Crippen LogP contribution in [0, 0.1) is 0 Å². The van der Waals surface area contributed by atoms with Crippen molar-refractivity contribution >= 4 is 33.5 Å². The number of halogens is 1. The number of aromatic nitrogens is 3. The molecule has 7 aromatic rings. The van der Waals surface area contributed by atoms with Crippen LogP contribution in [0.1, 0.15) is 0 Å². The molecule has 0 radical (unpaired) electrons. The fourth-order valence-electron chi connectivity index (χ4n) is 4.95. The SMILES string of the molecule is Clc1nc(-c2cccc(-c3ccccc3)c2)nc(-c2cccc3oc4c(-c5ccccc5)cccc4c23)n1. The molecule has 2 aromatic heterocycles. The molecule has 0 aliphatic rings. The Morgan fingerprint density at radius 1 is 0.500 bits per heavy atom. The lowest BCUT2D eigenvalue weighted by molar-refractivity contribution is 0.670. The summed E-state index contributed by atoms with van der Waals surface area (Å²) in [6.07, 6.45) is 0. The van der Waals surface area contributed by atoms with Gasteiger partial charge < -0.3 is 4.42 Å². The third-order valence-corrected chi connectivity index (χ3v) is 6.85. The van der Waals surface area contributed by atoms with E-state index in [4.69, 9.17) is 21.0 Å². The van der Waals surface area contributed by atoms with Crippen LogP contribution in [-0.2, 0) is 0 Å². The Morgan fingerprint density at radius 2 is 1.13 bits per heavy atom. The van der Waals surface area contributed by atoms with Crippen molar-refractivity contribution in [2.45, 2.75) is 0 Å². The van der Waals surface area contributed by atoms with Crippen LogP contribution in [0.25, 0.3) is 67.0 Å². The number of benzene rings is 5. The van der Waals surface area contributed by atoms with Gasteiger partial charge in [0.05, 0.1) is 0 Å². The van der Waals surface area contributed by atoms with Crippen molar-refractivity contribution in [3.8, 4) is 45.0 Å². The average molecular weight is 510 g/mol. The van der Waals surface area contributed by atoms with Gasteiger partial charge in [0.1, 0.15) is 11.2 Å². The minimum Gasteiger partial charge on any atom is -0.455 e. The standard InChI is InChI=1S/C33H20ClN3O/c34-33-36-31(24-15-7-14-23(20-24)21-10-3-1-4-11-21)35-32(37-33)27-18-9-19-28-29(27)26-17-8-16-25(30(26)38-28)22-12-5-2-6-13-22/h1-20H. The van der Waals surface area contributed by atoms with Crippen molar-refractivity contribution in [3.63, 3.8) is 0 Å². The minimum atomic E-state index is 0.143. The van der Waals surface area contributed by atoms with Crippen molar-refractivity contribution in [2.75, 3.05) is 0 Å². The van der Waals surface area contributed by atoms with Crippen LogP contribution in [0.3, 0.4) is 0 Å². The van der Waals surface area contributed by atoms with E-state index in [-0.39, 0.29) is 5.28 Å². The molecule has 7 rings (SSSR count). The zero-order valence-electron chi connectivity index (χ0n) is 20.2. The molecule has 5 heteroatoms. The van der Waals surface area contributed by atoms with Gasteiger partial charge >= 0.3 is 0 Å². The largest absolute Gasteiger partial charge is 0.455 e. The molecule has 2 heterocycles.